The molecule has 1 aromatic heterocycles. The van der Waals surface area contributed by atoms with E-state index in [1.807, 2.05) is 18.2 Å². The molecule has 10 heteroatoms. The molecular formula is C20H19Cl2F3N4O. The van der Waals surface area contributed by atoms with Crippen molar-refractivity contribution in [2.45, 2.75) is 19.5 Å². The van der Waals surface area contributed by atoms with Gasteiger partial charge in [-0.05, 0) is 53.9 Å². The second kappa shape index (κ2) is 9.97. The van der Waals surface area contributed by atoms with Crippen molar-refractivity contribution in [1.82, 2.24) is 14.9 Å². The lowest BCUT2D eigenvalue weighted by Crippen LogP contribution is -2.23. The summed E-state index contributed by atoms with van der Waals surface area (Å²) < 4.78 is 41.2. The number of hydrogen-bond donors (Lipinski definition) is 2. The molecule has 0 saturated carbocycles. The van der Waals surface area contributed by atoms with E-state index >= 15 is 0 Å². The molecule has 1 amide bonds. The number of nitrogens with zero attached hydrogens (tertiary/aromatic N) is 2. The zero-order valence-corrected chi connectivity index (χ0v) is 17.3. The number of rotatable bonds is 4. The largest absolute Gasteiger partial charge is 0.332 e. The van der Waals surface area contributed by atoms with Crippen molar-refractivity contribution < 1.29 is 18.0 Å². The molecule has 0 saturated heterocycles. The number of halogens is 5. The van der Waals surface area contributed by atoms with Crippen molar-refractivity contribution in [3.63, 3.8) is 0 Å². The Morgan fingerprint density at radius 2 is 1.83 bits per heavy atom. The minimum absolute atomic E-state index is 0. The number of amides is 1. The third kappa shape index (κ3) is 5.13. The monoisotopic (exact) mass is 458 g/mol. The third-order valence-corrected chi connectivity index (χ3v) is 4.63. The predicted molar refractivity (Wildman–Crippen MR) is 112 cm³/mol. The van der Waals surface area contributed by atoms with Crippen LogP contribution in [0, 0.1) is 17.5 Å². The summed E-state index contributed by atoms with van der Waals surface area (Å²) in [5.41, 5.74) is 3.49. The molecule has 0 atom stereocenters. The van der Waals surface area contributed by atoms with Gasteiger partial charge in [-0.3, -0.25) is 4.79 Å². The Morgan fingerprint density at radius 1 is 1.10 bits per heavy atom. The second-order valence-corrected chi connectivity index (χ2v) is 6.67. The molecule has 0 unspecified atom stereocenters. The maximum atomic E-state index is 13.3. The minimum atomic E-state index is -1.50. The van der Waals surface area contributed by atoms with Crippen molar-refractivity contribution >= 4 is 36.4 Å². The molecule has 0 radical (unpaired) electrons. The van der Waals surface area contributed by atoms with Crippen molar-refractivity contribution in [2.75, 3.05) is 11.9 Å². The molecule has 2 aromatic carbocycles. The molecular weight excluding hydrogens is 440 g/mol. The van der Waals surface area contributed by atoms with E-state index in [1.165, 1.54) is 28.2 Å². The quantitative estimate of drug-likeness (QED) is 0.578. The number of imidazole rings is 1. The van der Waals surface area contributed by atoms with E-state index in [9.17, 15) is 18.0 Å². The first kappa shape index (κ1) is 23.7. The van der Waals surface area contributed by atoms with Crippen LogP contribution in [0.4, 0.5) is 18.9 Å². The minimum Gasteiger partial charge on any atom is -0.332 e. The highest BCUT2D eigenvalue weighted by atomic mass is 35.5. The highest BCUT2D eigenvalue weighted by Crippen LogP contribution is 2.20. The van der Waals surface area contributed by atoms with Crippen LogP contribution in [0.5, 0.6) is 0 Å². The summed E-state index contributed by atoms with van der Waals surface area (Å²) in [4.78, 5) is 16.5. The molecule has 1 aliphatic rings. The van der Waals surface area contributed by atoms with Gasteiger partial charge >= 0.3 is 0 Å². The van der Waals surface area contributed by atoms with E-state index in [-0.39, 0.29) is 48.5 Å². The first-order valence-corrected chi connectivity index (χ1v) is 8.78. The lowest BCUT2D eigenvalue weighted by molar-refractivity contribution is 0.102. The smallest absolute Gasteiger partial charge is 0.275 e. The molecule has 3 aromatic rings. The molecule has 0 spiro atoms. The van der Waals surface area contributed by atoms with E-state index in [4.69, 9.17) is 0 Å². The van der Waals surface area contributed by atoms with Gasteiger partial charge in [0.25, 0.3) is 5.91 Å². The van der Waals surface area contributed by atoms with Crippen LogP contribution in [0.2, 0.25) is 0 Å². The average molecular weight is 459 g/mol. The first-order valence-electron chi connectivity index (χ1n) is 8.78. The maximum Gasteiger partial charge on any atom is 0.275 e. The molecule has 2 N–H and O–H groups in total. The van der Waals surface area contributed by atoms with Gasteiger partial charge in [0.2, 0.25) is 0 Å². The number of carbonyl (C=O) groups excluding carboxylic acids is 1. The summed E-state index contributed by atoms with van der Waals surface area (Å²) in [7, 11) is 0. The Hall–Kier alpha value is -2.55. The number of anilines is 1. The van der Waals surface area contributed by atoms with Crippen LogP contribution in [-0.2, 0) is 19.5 Å². The molecule has 160 valence electrons. The number of hydrogen-bond acceptors (Lipinski definition) is 3. The lowest BCUT2D eigenvalue weighted by Gasteiger charge is -2.17. The van der Waals surface area contributed by atoms with Gasteiger partial charge < -0.3 is 15.2 Å². The molecule has 30 heavy (non-hydrogen) atoms. The number of carbonyl (C=O) groups is 1. The van der Waals surface area contributed by atoms with Gasteiger partial charge in [-0.15, -0.1) is 24.8 Å². The highest BCUT2D eigenvalue weighted by molar-refractivity contribution is 6.02. The van der Waals surface area contributed by atoms with Gasteiger partial charge in [0.15, 0.2) is 17.5 Å². The number of aromatic nitrogens is 2. The standard InChI is InChI=1S/C20H17F3N4O.2ClH/c21-16-5-12(6-17(22)19(16)23)9-27-10-18(25-11-27)20(28)26-15-2-1-14-8-24-4-3-13(14)7-15;;/h1-2,5-7,10-11,24H,3-4,8-9H2,(H,26,28);2*1H. The van der Waals surface area contributed by atoms with Crippen LogP contribution in [0.3, 0.4) is 0 Å². The zero-order chi connectivity index (χ0) is 19.7. The predicted octanol–water partition coefficient (Wildman–Crippen LogP) is 4.09. The van der Waals surface area contributed by atoms with Crippen molar-refractivity contribution in [3.05, 3.63) is 82.7 Å². The third-order valence-electron chi connectivity index (χ3n) is 4.63. The topological polar surface area (TPSA) is 59.0 Å². The summed E-state index contributed by atoms with van der Waals surface area (Å²) in [6.07, 6.45) is 3.75. The Kier molecular flexibility index (Phi) is 7.89. The maximum absolute atomic E-state index is 13.3. The molecule has 5 nitrogen and oxygen atoms in total. The Balaban J connectivity index is 0.00000160. The van der Waals surface area contributed by atoms with E-state index in [1.54, 1.807) is 0 Å². The van der Waals surface area contributed by atoms with Crippen LogP contribution < -0.4 is 10.6 Å². The highest BCUT2D eigenvalue weighted by Gasteiger charge is 2.14. The van der Waals surface area contributed by atoms with E-state index in [0.717, 1.165) is 31.6 Å². The Morgan fingerprint density at radius 3 is 2.57 bits per heavy atom. The summed E-state index contributed by atoms with van der Waals surface area (Å²) in [6, 6.07) is 7.60. The van der Waals surface area contributed by atoms with Crippen LogP contribution in [0.25, 0.3) is 0 Å². The average Bonchev–Trinajstić information content (AvgIpc) is 3.14. The van der Waals surface area contributed by atoms with Crippen LogP contribution in [0.1, 0.15) is 27.2 Å². The number of fused-ring (bicyclic) bond motifs is 1. The SMILES string of the molecule is Cl.Cl.O=C(Nc1ccc2c(c1)CCNC2)c1cn(Cc2cc(F)c(F)c(F)c2)cn1. The van der Waals surface area contributed by atoms with E-state index in [2.05, 4.69) is 15.6 Å². The molecule has 4 rings (SSSR count). The fraction of sp³-hybridized carbons (Fsp3) is 0.200. The molecule has 2 heterocycles. The van der Waals surface area contributed by atoms with Gasteiger partial charge in [-0.2, -0.15) is 0 Å². The van der Waals surface area contributed by atoms with Crippen LogP contribution >= 0.6 is 24.8 Å². The number of nitrogens with one attached hydrogen (secondary N) is 2. The Bertz CT molecular complexity index is 1040. The van der Waals surface area contributed by atoms with Gasteiger partial charge in [0.05, 0.1) is 6.33 Å². The molecule has 1 aliphatic heterocycles. The van der Waals surface area contributed by atoms with Gasteiger partial charge in [-0.25, -0.2) is 18.2 Å². The van der Waals surface area contributed by atoms with Gasteiger partial charge in [0.1, 0.15) is 5.69 Å². The normalized spacial score (nSPS) is 12.4. The fourth-order valence-corrected chi connectivity index (χ4v) is 3.22. The zero-order valence-electron chi connectivity index (χ0n) is 15.6. The summed E-state index contributed by atoms with van der Waals surface area (Å²) in [5, 5.41) is 6.10. The first-order chi connectivity index (χ1) is 13.5. The molecule has 0 aliphatic carbocycles. The Labute approximate surface area is 183 Å². The van der Waals surface area contributed by atoms with Crippen molar-refractivity contribution in [3.8, 4) is 0 Å². The van der Waals surface area contributed by atoms with Crippen LogP contribution in [-0.4, -0.2) is 22.0 Å². The summed E-state index contributed by atoms with van der Waals surface area (Å²) in [6.45, 7) is 1.78. The summed E-state index contributed by atoms with van der Waals surface area (Å²) in [5.74, 6) is -4.40. The fourth-order valence-electron chi connectivity index (χ4n) is 3.22. The van der Waals surface area contributed by atoms with Gasteiger partial charge in [0, 0.05) is 25.0 Å². The summed E-state index contributed by atoms with van der Waals surface area (Å²) >= 11 is 0. The van der Waals surface area contributed by atoms with E-state index in [0.29, 0.717) is 5.69 Å². The number of benzene rings is 2. The van der Waals surface area contributed by atoms with Crippen molar-refractivity contribution in [2.24, 2.45) is 0 Å². The van der Waals surface area contributed by atoms with E-state index < -0.39 is 17.5 Å². The molecule has 0 bridgehead atoms. The second-order valence-electron chi connectivity index (χ2n) is 6.67. The van der Waals surface area contributed by atoms with Crippen LogP contribution in [0.15, 0.2) is 42.9 Å². The van der Waals surface area contributed by atoms with Gasteiger partial charge in [-0.1, -0.05) is 6.07 Å². The molecule has 0 fully saturated rings. The van der Waals surface area contributed by atoms with Crippen molar-refractivity contribution in [1.29, 1.82) is 0 Å². The lowest BCUT2D eigenvalue weighted by atomic mass is 10.0.